The van der Waals surface area contributed by atoms with E-state index in [4.69, 9.17) is 0 Å². The number of nitrogens with one attached hydrogen (secondary N) is 2. The zero-order valence-corrected chi connectivity index (χ0v) is 15.9. The Kier molecular flexibility index (Phi) is 4.66. The van der Waals surface area contributed by atoms with Gasteiger partial charge in [0.1, 0.15) is 0 Å². The quantitative estimate of drug-likeness (QED) is 0.520. The zero-order valence-electron chi connectivity index (χ0n) is 15.1. The van der Waals surface area contributed by atoms with Crippen LogP contribution in [0, 0.1) is 0 Å². The van der Waals surface area contributed by atoms with E-state index in [1.807, 2.05) is 36.4 Å². The maximum atomic E-state index is 12.1. The molecule has 0 aliphatic heterocycles. The minimum Gasteiger partial charge on any atom is -0.323 e. The molecule has 8 nitrogen and oxygen atoms in total. The van der Waals surface area contributed by atoms with Crippen molar-refractivity contribution in [2.75, 3.05) is 15.8 Å². The van der Waals surface area contributed by atoms with Crippen molar-refractivity contribution in [1.82, 2.24) is 19.6 Å². The van der Waals surface area contributed by atoms with Gasteiger partial charge in [0.25, 0.3) is 0 Å². The van der Waals surface area contributed by atoms with Gasteiger partial charge in [0.15, 0.2) is 0 Å². The van der Waals surface area contributed by atoms with Gasteiger partial charge >= 0.3 is 0 Å². The Labute approximate surface area is 162 Å². The van der Waals surface area contributed by atoms with Crippen molar-refractivity contribution in [1.29, 1.82) is 0 Å². The van der Waals surface area contributed by atoms with E-state index in [9.17, 15) is 8.42 Å². The van der Waals surface area contributed by atoms with Crippen LogP contribution in [0.3, 0.4) is 0 Å². The largest absolute Gasteiger partial charge is 0.323 e. The van der Waals surface area contributed by atoms with Crippen molar-refractivity contribution >= 4 is 32.9 Å². The summed E-state index contributed by atoms with van der Waals surface area (Å²) < 4.78 is 28.5. The fourth-order valence-electron chi connectivity index (χ4n) is 2.76. The first-order chi connectivity index (χ1) is 13.6. The van der Waals surface area contributed by atoms with Crippen LogP contribution in [0.25, 0.3) is 16.8 Å². The number of anilines is 3. The van der Waals surface area contributed by atoms with E-state index in [-0.39, 0.29) is 5.75 Å². The maximum Gasteiger partial charge on any atom is 0.245 e. The van der Waals surface area contributed by atoms with Gasteiger partial charge in [-0.25, -0.2) is 17.9 Å². The molecule has 3 aromatic heterocycles. The lowest BCUT2D eigenvalue weighted by Gasteiger charge is -2.12. The molecule has 0 saturated heterocycles. The van der Waals surface area contributed by atoms with Crippen LogP contribution in [0.15, 0.2) is 67.1 Å². The van der Waals surface area contributed by atoms with Crippen LogP contribution in [0.5, 0.6) is 0 Å². The average Bonchev–Trinajstić information content (AvgIpc) is 3.12. The lowest BCUT2D eigenvalue weighted by atomic mass is 10.1. The van der Waals surface area contributed by atoms with Gasteiger partial charge in [-0.15, -0.1) is 5.10 Å². The summed E-state index contributed by atoms with van der Waals surface area (Å²) in [6.45, 7) is 1.60. The van der Waals surface area contributed by atoms with Crippen molar-refractivity contribution in [2.45, 2.75) is 6.92 Å². The van der Waals surface area contributed by atoms with Gasteiger partial charge in [-0.3, -0.25) is 9.71 Å². The number of nitrogens with zero attached hydrogens (tertiary/aromatic N) is 4. The standard InChI is InChI=1S/C19H18N6O2S/c1-2-28(26,27)24-17-6-4-3-5-16(17)18-8-7-15-13-21-19(23-25(15)18)22-14-9-11-20-12-10-14/h3-13,24H,2H2,1H3,(H,20,22,23). The molecule has 0 fully saturated rings. The first kappa shape index (κ1) is 17.9. The lowest BCUT2D eigenvalue weighted by molar-refractivity contribution is 0.602. The fraction of sp³-hybridized carbons (Fsp3) is 0.105. The second kappa shape index (κ2) is 7.28. The van der Waals surface area contributed by atoms with Gasteiger partial charge in [0.05, 0.1) is 28.8 Å². The number of para-hydroxylation sites is 1. The smallest absolute Gasteiger partial charge is 0.245 e. The summed E-state index contributed by atoms with van der Waals surface area (Å²) >= 11 is 0. The molecule has 0 unspecified atom stereocenters. The van der Waals surface area contributed by atoms with Gasteiger partial charge in [0, 0.05) is 23.6 Å². The third-order valence-corrected chi connectivity index (χ3v) is 5.47. The molecule has 28 heavy (non-hydrogen) atoms. The molecule has 0 bridgehead atoms. The Morgan fingerprint density at radius 1 is 1.04 bits per heavy atom. The zero-order chi connectivity index (χ0) is 19.6. The number of hydrogen-bond acceptors (Lipinski definition) is 6. The van der Waals surface area contributed by atoms with E-state index in [0.717, 1.165) is 22.5 Å². The summed E-state index contributed by atoms with van der Waals surface area (Å²) in [6.07, 6.45) is 5.06. The van der Waals surface area contributed by atoms with Crippen LogP contribution in [0.2, 0.25) is 0 Å². The highest BCUT2D eigenvalue weighted by molar-refractivity contribution is 7.92. The number of pyridine rings is 1. The maximum absolute atomic E-state index is 12.1. The van der Waals surface area contributed by atoms with E-state index < -0.39 is 10.0 Å². The monoisotopic (exact) mass is 394 g/mol. The Morgan fingerprint density at radius 2 is 1.82 bits per heavy atom. The predicted octanol–water partition coefficient (Wildman–Crippen LogP) is 3.30. The fourth-order valence-corrected chi connectivity index (χ4v) is 3.42. The minimum atomic E-state index is -3.40. The number of hydrogen-bond donors (Lipinski definition) is 2. The van der Waals surface area contributed by atoms with Gasteiger partial charge in [0.2, 0.25) is 16.0 Å². The molecular weight excluding hydrogens is 376 g/mol. The van der Waals surface area contributed by atoms with E-state index in [1.165, 1.54) is 0 Å². The van der Waals surface area contributed by atoms with E-state index in [1.54, 1.807) is 42.2 Å². The molecule has 0 radical (unpaired) electrons. The summed E-state index contributed by atoms with van der Waals surface area (Å²) in [5, 5.41) is 7.69. The third-order valence-electron chi connectivity index (χ3n) is 4.18. The topological polar surface area (TPSA) is 101 Å². The van der Waals surface area contributed by atoms with Crippen LogP contribution in [0.1, 0.15) is 6.92 Å². The van der Waals surface area contributed by atoms with E-state index >= 15 is 0 Å². The lowest BCUT2D eigenvalue weighted by Crippen LogP contribution is -2.15. The van der Waals surface area contributed by atoms with Gasteiger partial charge in [-0.2, -0.15) is 0 Å². The molecule has 0 amide bonds. The Balaban J connectivity index is 1.77. The number of rotatable bonds is 6. The molecule has 0 saturated carbocycles. The molecule has 142 valence electrons. The summed E-state index contributed by atoms with van der Waals surface area (Å²) in [7, 11) is -3.40. The van der Waals surface area contributed by atoms with Crippen molar-refractivity contribution in [3.63, 3.8) is 0 Å². The minimum absolute atomic E-state index is 0.00158. The number of fused-ring (bicyclic) bond motifs is 1. The third kappa shape index (κ3) is 3.65. The predicted molar refractivity (Wildman–Crippen MR) is 109 cm³/mol. The Bertz CT molecular complexity index is 1220. The van der Waals surface area contributed by atoms with E-state index in [0.29, 0.717) is 11.6 Å². The summed E-state index contributed by atoms with van der Waals surface area (Å²) in [5.74, 6) is 0.418. The van der Waals surface area contributed by atoms with Gasteiger partial charge in [-0.05, 0) is 37.3 Å². The second-order valence-corrected chi connectivity index (χ2v) is 8.06. The molecule has 0 spiro atoms. The number of benzene rings is 1. The highest BCUT2D eigenvalue weighted by Gasteiger charge is 2.15. The molecule has 3 heterocycles. The highest BCUT2D eigenvalue weighted by atomic mass is 32.2. The molecular formula is C19H18N6O2S. The molecule has 1 aromatic carbocycles. The molecule has 0 aliphatic rings. The summed E-state index contributed by atoms with van der Waals surface area (Å²) in [6, 6.07) is 14.6. The first-order valence-corrected chi connectivity index (χ1v) is 10.3. The molecule has 9 heteroatoms. The average molecular weight is 394 g/mol. The Hall–Kier alpha value is -3.46. The molecule has 4 rings (SSSR count). The molecule has 4 aromatic rings. The van der Waals surface area contributed by atoms with Crippen LogP contribution in [-0.4, -0.2) is 33.8 Å². The van der Waals surface area contributed by atoms with Crippen molar-refractivity contribution in [3.05, 3.63) is 67.1 Å². The summed E-state index contributed by atoms with van der Waals surface area (Å²) in [5.41, 5.74) is 3.60. The van der Waals surface area contributed by atoms with Crippen LogP contribution < -0.4 is 10.0 Å². The second-order valence-electron chi connectivity index (χ2n) is 6.05. The van der Waals surface area contributed by atoms with Crippen molar-refractivity contribution in [2.24, 2.45) is 0 Å². The summed E-state index contributed by atoms with van der Waals surface area (Å²) in [4.78, 5) is 8.32. The van der Waals surface area contributed by atoms with Crippen LogP contribution in [0.4, 0.5) is 17.3 Å². The van der Waals surface area contributed by atoms with Crippen molar-refractivity contribution in [3.8, 4) is 11.3 Å². The number of sulfonamides is 1. The Morgan fingerprint density at radius 3 is 2.61 bits per heavy atom. The highest BCUT2D eigenvalue weighted by Crippen LogP contribution is 2.30. The molecule has 0 aliphatic carbocycles. The SMILES string of the molecule is CCS(=O)(=O)Nc1ccccc1-c1ccc2cnc(Nc3ccncc3)nn12. The van der Waals surface area contributed by atoms with Crippen LogP contribution in [-0.2, 0) is 10.0 Å². The van der Waals surface area contributed by atoms with Gasteiger partial charge < -0.3 is 5.32 Å². The first-order valence-electron chi connectivity index (χ1n) is 8.67. The van der Waals surface area contributed by atoms with E-state index in [2.05, 4.69) is 25.1 Å². The van der Waals surface area contributed by atoms with Crippen molar-refractivity contribution < 1.29 is 8.42 Å². The van der Waals surface area contributed by atoms with Crippen LogP contribution >= 0.6 is 0 Å². The number of aromatic nitrogens is 4. The normalized spacial score (nSPS) is 11.5. The molecule has 2 N–H and O–H groups in total. The van der Waals surface area contributed by atoms with Gasteiger partial charge in [-0.1, -0.05) is 18.2 Å². The molecule has 0 atom stereocenters.